The third kappa shape index (κ3) is 6.69. The first-order chi connectivity index (χ1) is 12.7. The molecule has 0 aliphatic heterocycles. The van der Waals surface area contributed by atoms with Gasteiger partial charge in [-0.25, -0.2) is 13.1 Å². The predicted molar refractivity (Wildman–Crippen MR) is 107 cm³/mol. The molecule has 0 aliphatic carbocycles. The Morgan fingerprint density at radius 2 is 1.56 bits per heavy atom. The number of methoxy groups -OCH3 is 1. The molecule has 7 heteroatoms. The molecule has 2 rings (SSSR count). The van der Waals surface area contributed by atoms with Gasteiger partial charge in [0.05, 0.1) is 19.4 Å². The van der Waals surface area contributed by atoms with E-state index in [1.54, 1.807) is 31.4 Å². The number of sulfonamides is 1. The van der Waals surface area contributed by atoms with E-state index in [9.17, 15) is 13.2 Å². The molecule has 2 N–H and O–H groups in total. The van der Waals surface area contributed by atoms with Crippen LogP contribution in [-0.2, 0) is 14.8 Å². The van der Waals surface area contributed by atoms with Crippen LogP contribution in [-0.4, -0.2) is 27.7 Å². The minimum Gasteiger partial charge on any atom is -0.497 e. The fourth-order valence-corrected chi connectivity index (χ4v) is 3.41. The van der Waals surface area contributed by atoms with Gasteiger partial charge >= 0.3 is 0 Å². The lowest BCUT2D eigenvalue weighted by Gasteiger charge is -2.18. The van der Waals surface area contributed by atoms with Gasteiger partial charge in [-0.05, 0) is 41.3 Å². The summed E-state index contributed by atoms with van der Waals surface area (Å²) >= 11 is 0. The SMILES string of the molecule is COc1ccc([C@H](CC(=O)Nc2ccc(C(C)C)cc2)NS(C)(=O)=O)cc1. The van der Waals surface area contributed by atoms with Crippen molar-refractivity contribution < 1.29 is 17.9 Å². The molecule has 0 saturated heterocycles. The van der Waals surface area contributed by atoms with E-state index < -0.39 is 16.1 Å². The second kappa shape index (κ2) is 9.01. The Morgan fingerprint density at radius 1 is 1.00 bits per heavy atom. The van der Waals surface area contributed by atoms with Crippen LogP contribution in [0.5, 0.6) is 5.75 Å². The van der Waals surface area contributed by atoms with Crippen molar-refractivity contribution in [3.05, 3.63) is 59.7 Å². The third-order valence-electron chi connectivity index (χ3n) is 4.13. The molecule has 146 valence electrons. The van der Waals surface area contributed by atoms with E-state index in [0.29, 0.717) is 22.9 Å². The van der Waals surface area contributed by atoms with Crippen LogP contribution in [0.4, 0.5) is 5.69 Å². The van der Waals surface area contributed by atoms with E-state index in [0.717, 1.165) is 6.26 Å². The van der Waals surface area contributed by atoms with Gasteiger partial charge in [0.25, 0.3) is 0 Å². The molecule has 1 amide bonds. The Kier molecular flexibility index (Phi) is 6.98. The average Bonchev–Trinajstić information content (AvgIpc) is 2.60. The molecule has 0 spiro atoms. The number of hydrogen-bond donors (Lipinski definition) is 2. The van der Waals surface area contributed by atoms with Crippen LogP contribution >= 0.6 is 0 Å². The summed E-state index contributed by atoms with van der Waals surface area (Å²) in [5.74, 6) is 0.795. The van der Waals surface area contributed by atoms with Gasteiger partial charge in [0.1, 0.15) is 5.75 Å². The molecule has 0 bridgehead atoms. The number of hydrogen-bond acceptors (Lipinski definition) is 4. The van der Waals surface area contributed by atoms with E-state index >= 15 is 0 Å². The van der Waals surface area contributed by atoms with Crippen LogP contribution in [0.3, 0.4) is 0 Å². The standard InChI is InChI=1S/C20H26N2O4S/c1-14(2)15-5-9-17(10-6-15)21-20(23)13-19(22-27(4,24)25)16-7-11-18(26-3)12-8-16/h5-12,14,19,22H,13H2,1-4H3,(H,21,23)/t19-/m0/s1. The summed E-state index contributed by atoms with van der Waals surface area (Å²) in [6.45, 7) is 4.20. The number of nitrogens with one attached hydrogen (secondary N) is 2. The monoisotopic (exact) mass is 390 g/mol. The molecule has 6 nitrogen and oxygen atoms in total. The highest BCUT2D eigenvalue weighted by Crippen LogP contribution is 2.22. The zero-order valence-electron chi connectivity index (χ0n) is 16.0. The van der Waals surface area contributed by atoms with Crippen LogP contribution < -0.4 is 14.8 Å². The molecule has 0 aliphatic rings. The summed E-state index contributed by atoms with van der Waals surface area (Å²) in [7, 11) is -1.93. The first-order valence-corrected chi connectivity index (χ1v) is 10.6. The van der Waals surface area contributed by atoms with Crippen molar-refractivity contribution in [3.8, 4) is 5.75 Å². The summed E-state index contributed by atoms with van der Waals surface area (Å²) in [5.41, 5.74) is 2.55. The minimum absolute atomic E-state index is 0.0225. The molecule has 0 aromatic heterocycles. The van der Waals surface area contributed by atoms with Crippen molar-refractivity contribution in [2.75, 3.05) is 18.7 Å². The van der Waals surface area contributed by atoms with E-state index in [-0.39, 0.29) is 12.3 Å². The smallest absolute Gasteiger partial charge is 0.226 e. The molecular formula is C20H26N2O4S. The quantitative estimate of drug-likeness (QED) is 0.723. The van der Waals surface area contributed by atoms with E-state index in [4.69, 9.17) is 4.74 Å². The highest BCUT2D eigenvalue weighted by atomic mass is 32.2. The van der Waals surface area contributed by atoms with Crippen LogP contribution in [0.2, 0.25) is 0 Å². The number of carbonyl (C=O) groups is 1. The van der Waals surface area contributed by atoms with Crippen molar-refractivity contribution in [1.82, 2.24) is 4.72 Å². The van der Waals surface area contributed by atoms with Crippen LogP contribution in [0.25, 0.3) is 0 Å². The lowest BCUT2D eigenvalue weighted by molar-refractivity contribution is -0.116. The van der Waals surface area contributed by atoms with Gasteiger partial charge in [-0.3, -0.25) is 4.79 Å². The molecule has 0 saturated carbocycles. The average molecular weight is 391 g/mol. The van der Waals surface area contributed by atoms with Crippen molar-refractivity contribution in [3.63, 3.8) is 0 Å². The fourth-order valence-electron chi connectivity index (χ4n) is 2.67. The lowest BCUT2D eigenvalue weighted by atomic mass is 10.0. The van der Waals surface area contributed by atoms with E-state index in [1.807, 2.05) is 24.3 Å². The van der Waals surface area contributed by atoms with Gasteiger partial charge in [-0.1, -0.05) is 38.1 Å². The number of rotatable bonds is 8. The molecule has 0 unspecified atom stereocenters. The molecule has 27 heavy (non-hydrogen) atoms. The van der Waals surface area contributed by atoms with E-state index in [2.05, 4.69) is 23.9 Å². The Morgan fingerprint density at radius 3 is 2.04 bits per heavy atom. The second-order valence-corrected chi connectivity index (χ2v) is 8.52. The summed E-state index contributed by atoms with van der Waals surface area (Å²) in [6.07, 6.45) is 1.05. The first-order valence-electron chi connectivity index (χ1n) is 8.69. The number of carbonyl (C=O) groups excluding carboxylic acids is 1. The van der Waals surface area contributed by atoms with Gasteiger partial charge in [0.15, 0.2) is 0 Å². The molecule has 2 aromatic carbocycles. The maximum atomic E-state index is 12.5. The van der Waals surface area contributed by atoms with Gasteiger partial charge in [0.2, 0.25) is 15.9 Å². The van der Waals surface area contributed by atoms with Crippen molar-refractivity contribution in [2.24, 2.45) is 0 Å². The molecule has 0 heterocycles. The van der Waals surface area contributed by atoms with Gasteiger partial charge in [0, 0.05) is 12.1 Å². The van der Waals surface area contributed by atoms with Crippen molar-refractivity contribution in [1.29, 1.82) is 0 Å². The number of benzene rings is 2. The minimum atomic E-state index is -3.48. The Bertz CT molecular complexity index is 860. The highest BCUT2D eigenvalue weighted by Gasteiger charge is 2.20. The normalized spacial score (nSPS) is 12.6. The largest absolute Gasteiger partial charge is 0.497 e. The van der Waals surface area contributed by atoms with Crippen LogP contribution in [0.15, 0.2) is 48.5 Å². The lowest BCUT2D eigenvalue weighted by Crippen LogP contribution is -2.30. The maximum Gasteiger partial charge on any atom is 0.226 e. The highest BCUT2D eigenvalue weighted by molar-refractivity contribution is 7.88. The molecule has 2 aromatic rings. The Hall–Kier alpha value is -2.38. The third-order valence-corrected chi connectivity index (χ3v) is 4.84. The van der Waals surface area contributed by atoms with Crippen LogP contribution in [0.1, 0.15) is 43.4 Å². The molecule has 0 radical (unpaired) electrons. The summed E-state index contributed by atoms with van der Waals surface area (Å²) in [5, 5.41) is 2.82. The molecule has 0 fully saturated rings. The summed E-state index contributed by atoms with van der Waals surface area (Å²) in [6, 6.07) is 13.9. The van der Waals surface area contributed by atoms with Crippen molar-refractivity contribution in [2.45, 2.75) is 32.2 Å². The van der Waals surface area contributed by atoms with Gasteiger partial charge in [-0.15, -0.1) is 0 Å². The number of anilines is 1. The van der Waals surface area contributed by atoms with Crippen LogP contribution in [0, 0.1) is 0 Å². The van der Waals surface area contributed by atoms with Gasteiger partial charge < -0.3 is 10.1 Å². The van der Waals surface area contributed by atoms with E-state index in [1.165, 1.54) is 5.56 Å². The predicted octanol–water partition coefficient (Wildman–Crippen LogP) is 3.44. The number of ether oxygens (including phenoxy) is 1. The topological polar surface area (TPSA) is 84.5 Å². The van der Waals surface area contributed by atoms with Gasteiger partial charge in [-0.2, -0.15) is 0 Å². The number of amides is 1. The van der Waals surface area contributed by atoms with Crippen molar-refractivity contribution >= 4 is 21.6 Å². The zero-order valence-corrected chi connectivity index (χ0v) is 16.8. The molecule has 1 atom stereocenters. The second-order valence-electron chi connectivity index (χ2n) is 6.74. The Balaban J connectivity index is 2.12. The molecular weight excluding hydrogens is 364 g/mol. The zero-order chi connectivity index (χ0) is 20.0. The first kappa shape index (κ1) is 20.9. The summed E-state index contributed by atoms with van der Waals surface area (Å²) < 4.78 is 31.1. The summed E-state index contributed by atoms with van der Waals surface area (Å²) in [4.78, 5) is 12.5. The Labute approximate surface area is 161 Å². The maximum absolute atomic E-state index is 12.5. The fraction of sp³-hybridized carbons (Fsp3) is 0.350.